The van der Waals surface area contributed by atoms with Gasteiger partial charge in [0.25, 0.3) is 0 Å². The van der Waals surface area contributed by atoms with Crippen LogP contribution in [0.25, 0.3) is 0 Å². The van der Waals surface area contributed by atoms with Gasteiger partial charge in [0.2, 0.25) is 5.91 Å². The molecule has 4 nitrogen and oxygen atoms in total. The average Bonchev–Trinajstić information content (AvgIpc) is 2.62. The Morgan fingerprint density at radius 3 is 2.79 bits per heavy atom. The molecule has 1 saturated heterocycles. The molecule has 0 aromatic rings. The highest BCUT2D eigenvalue weighted by atomic mass is 16.2. The van der Waals surface area contributed by atoms with Crippen molar-refractivity contribution in [1.82, 2.24) is 9.80 Å². The second-order valence-electron chi connectivity index (χ2n) is 4.18. The molecule has 2 unspecified atom stereocenters. The first-order valence-electron chi connectivity index (χ1n) is 5.25. The molecule has 1 amide bonds. The zero-order valence-electron chi connectivity index (χ0n) is 9.36. The summed E-state index contributed by atoms with van der Waals surface area (Å²) in [6.45, 7) is 3.63. The van der Waals surface area contributed by atoms with Gasteiger partial charge in [0, 0.05) is 26.7 Å². The van der Waals surface area contributed by atoms with Crippen LogP contribution in [0.15, 0.2) is 0 Å². The third kappa shape index (κ3) is 2.25. The first-order chi connectivity index (χ1) is 6.57. The average molecular weight is 199 g/mol. The van der Waals surface area contributed by atoms with Gasteiger partial charge >= 0.3 is 0 Å². The number of likely N-dealkylation sites (N-methyl/N-ethyl adjacent to an activating group) is 1. The van der Waals surface area contributed by atoms with Gasteiger partial charge in [0.05, 0.1) is 6.04 Å². The van der Waals surface area contributed by atoms with E-state index in [1.165, 1.54) is 0 Å². The zero-order chi connectivity index (χ0) is 10.7. The monoisotopic (exact) mass is 199 g/mol. The maximum atomic E-state index is 11.7. The maximum absolute atomic E-state index is 11.7. The molecule has 0 bridgehead atoms. The van der Waals surface area contributed by atoms with E-state index in [1.54, 1.807) is 19.0 Å². The predicted octanol–water partition coefficient (Wildman–Crippen LogP) is -0.114. The number of nitrogens with two attached hydrogens (primary N) is 1. The predicted molar refractivity (Wildman–Crippen MR) is 56.9 cm³/mol. The zero-order valence-corrected chi connectivity index (χ0v) is 9.36. The summed E-state index contributed by atoms with van der Waals surface area (Å²) in [5.41, 5.74) is 5.67. The molecule has 1 heterocycles. The lowest BCUT2D eigenvalue weighted by Gasteiger charge is -2.30. The summed E-state index contributed by atoms with van der Waals surface area (Å²) in [6.07, 6.45) is 2.29. The van der Waals surface area contributed by atoms with Crippen LogP contribution in [-0.2, 0) is 4.79 Å². The Kier molecular flexibility index (Phi) is 3.89. The Hall–Kier alpha value is -0.610. The van der Waals surface area contributed by atoms with Gasteiger partial charge in [-0.1, -0.05) is 0 Å². The quantitative estimate of drug-likeness (QED) is 0.690. The highest BCUT2D eigenvalue weighted by Gasteiger charge is 2.31. The van der Waals surface area contributed by atoms with Gasteiger partial charge in [-0.3, -0.25) is 9.69 Å². The molecule has 2 atom stereocenters. The van der Waals surface area contributed by atoms with Crippen LogP contribution in [-0.4, -0.2) is 55.0 Å². The standard InChI is InChI=1S/C10H21N3O/c1-8(10(14)12(2)3)13-6-4-5-9(13)7-11/h8-9H,4-7,11H2,1-3H3. The molecule has 1 fully saturated rings. The van der Waals surface area contributed by atoms with Crippen molar-refractivity contribution < 1.29 is 4.79 Å². The minimum Gasteiger partial charge on any atom is -0.347 e. The molecular weight excluding hydrogens is 178 g/mol. The first-order valence-corrected chi connectivity index (χ1v) is 5.25. The SMILES string of the molecule is CC(C(=O)N(C)C)N1CCCC1CN. The summed E-state index contributed by atoms with van der Waals surface area (Å²) in [6, 6.07) is 0.370. The van der Waals surface area contributed by atoms with E-state index < -0.39 is 0 Å². The number of hydrogen-bond acceptors (Lipinski definition) is 3. The van der Waals surface area contributed by atoms with Crippen molar-refractivity contribution in [1.29, 1.82) is 0 Å². The van der Waals surface area contributed by atoms with Gasteiger partial charge in [-0.15, -0.1) is 0 Å². The lowest BCUT2D eigenvalue weighted by Crippen LogP contribution is -2.48. The van der Waals surface area contributed by atoms with Crippen LogP contribution in [0.1, 0.15) is 19.8 Å². The number of nitrogens with zero attached hydrogens (tertiary/aromatic N) is 2. The smallest absolute Gasteiger partial charge is 0.239 e. The maximum Gasteiger partial charge on any atom is 0.239 e. The van der Waals surface area contributed by atoms with Crippen LogP contribution in [0.3, 0.4) is 0 Å². The van der Waals surface area contributed by atoms with Crippen LogP contribution in [0.2, 0.25) is 0 Å². The molecule has 14 heavy (non-hydrogen) atoms. The van der Waals surface area contributed by atoms with Gasteiger partial charge in [-0.25, -0.2) is 0 Å². The molecule has 82 valence electrons. The molecule has 0 aromatic heterocycles. The van der Waals surface area contributed by atoms with Crippen molar-refractivity contribution in [3.8, 4) is 0 Å². The highest BCUT2D eigenvalue weighted by molar-refractivity contribution is 5.81. The normalized spacial score (nSPS) is 25.0. The lowest BCUT2D eigenvalue weighted by atomic mass is 10.2. The number of rotatable bonds is 3. The molecule has 0 spiro atoms. The van der Waals surface area contributed by atoms with Crippen molar-refractivity contribution in [2.75, 3.05) is 27.2 Å². The first kappa shape index (κ1) is 11.5. The number of amides is 1. The fraction of sp³-hybridized carbons (Fsp3) is 0.900. The third-order valence-electron chi connectivity index (χ3n) is 2.99. The summed E-state index contributed by atoms with van der Waals surface area (Å²) >= 11 is 0. The third-order valence-corrected chi connectivity index (χ3v) is 2.99. The number of hydrogen-bond donors (Lipinski definition) is 1. The van der Waals surface area contributed by atoms with E-state index in [0.29, 0.717) is 12.6 Å². The molecule has 1 rings (SSSR count). The number of likely N-dealkylation sites (tertiary alicyclic amines) is 1. The second-order valence-corrected chi connectivity index (χ2v) is 4.18. The van der Waals surface area contributed by atoms with Crippen LogP contribution in [0, 0.1) is 0 Å². The summed E-state index contributed by atoms with van der Waals surface area (Å²) in [4.78, 5) is 15.6. The van der Waals surface area contributed by atoms with Crippen molar-refractivity contribution in [2.24, 2.45) is 5.73 Å². The van der Waals surface area contributed by atoms with Gasteiger partial charge < -0.3 is 10.6 Å². The van der Waals surface area contributed by atoms with Crippen LogP contribution >= 0.6 is 0 Å². The van der Waals surface area contributed by atoms with E-state index in [4.69, 9.17) is 5.73 Å². The summed E-state index contributed by atoms with van der Waals surface area (Å²) < 4.78 is 0. The van der Waals surface area contributed by atoms with Gasteiger partial charge in [0.15, 0.2) is 0 Å². The fourth-order valence-electron chi connectivity index (χ4n) is 2.14. The van der Waals surface area contributed by atoms with E-state index in [0.717, 1.165) is 19.4 Å². The number of carbonyl (C=O) groups is 1. The Labute approximate surface area is 86.0 Å². The second kappa shape index (κ2) is 4.75. The lowest BCUT2D eigenvalue weighted by molar-refractivity contribution is -0.134. The van der Waals surface area contributed by atoms with Gasteiger partial charge in [0.1, 0.15) is 0 Å². The molecule has 0 aliphatic carbocycles. The van der Waals surface area contributed by atoms with Crippen molar-refractivity contribution in [3.05, 3.63) is 0 Å². The van der Waals surface area contributed by atoms with E-state index in [-0.39, 0.29) is 11.9 Å². The summed E-state index contributed by atoms with van der Waals surface area (Å²) in [5.74, 6) is 0.172. The molecule has 2 N–H and O–H groups in total. The topological polar surface area (TPSA) is 49.6 Å². The summed E-state index contributed by atoms with van der Waals surface area (Å²) in [5, 5.41) is 0. The molecule has 4 heteroatoms. The number of carbonyl (C=O) groups excluding carboxylic acids is 1. The minimum absolute atomic E-state index is 0.0268. The Morgan fingerprint density at radius 2 is 2.29 bits per heavy atom. The molecule has 1 aliphatic rings. The van der Waals surface area contributed by atoms with E-state index in [1.807, 2.05) is 6.92 Å². The van der Waals surface area contributed by atoms with Crippen LogP contribution in [0.4, 0.5) is 0 Å². The Balaban J connectivity index is 2.59. The highest BCUT2D eigenvalue weighted by Crippen LogP contribution is 2.19. The Morgan fingerprint density at radius 1 is 1.64 bits per heavy atom. The van der Waals surface area contributed by atoms with E-state index in [9.17, 15) is 4.79 Å². The van der Waals surface area contributed by atoms with Crippen molar-refractivity contribution in [2.45, 2.75) is 31.8 Å². The van der Waals surface area contributed by atoms with Gasteiger partial charge in [-0.05, 0) is 26.3 Å². The van der Waals surface area contributed by atoms with Crippen molar-refractivity contribution in [3.63, 3.8) is 0 Å². The molecule has 0 aromatic carbocycles. The van der Waals surface area contributed by atoms with Gasteiger partial charge in [-0.2, -0.15) is 0 Å². The van der Waals surface area contributed by atoms with Crippen LogP contribution < -0.4 is 5.73 Å². The van der Waals surface area contributed by atoms with E-state index >= 15 is 0 Å². The summed E-state index contributed by atoms with van der Waals surface area (Å²) in [7, 11) is 3.60. The largest absolute Gasteiger partial charge is 0.347 e. The van der Waals surface area contributed by atoms with Crippen molar-refractivity contribution >= 4 is 5.91 Å². The molecule has 0 radical (unpaired) electrons. The molecular formula is C10H21N3O. The molecule has 1 aliphatic heterocycles. The van der Waals surface area contributed by atoms with Crippen LogP contribution in [0.5, 0.6) is 0 Å². The molecule has 0 saturated carbocycles. The Bertz CT molecular complexity index is 206. The minimum atomic E-state index is -0.0268. The fourth-order valence-corrected chi connectivity index (χ4v) is 2.14. The van der Waals surface area contributed by atoms with E-state index in [2.05, 4.69) is 4.90 Å².